The maximum atomic E-state index is 4.94. The van der Waals surface area contributed by atoms with Crippen LogP contribution in [-0.2, 0) is 7.05 Å². The van der Waals surface area contributed by atoms with E-state index in [9.17, 15) is 0 Å². The summed E-state index contributed by atoms with van der Waals surface area (Å²) in [6.45, 7) is 9.94. The van der Waals surface area contributed by atoms with Gasteiger partial charge in [-0.05, 0) is 29.3 Å². The van der Waals surface area contributed by atoms with Gasteiger partial charge in [0.1, 0.15) is 0 Å². The first-order chi connectivity index (χ1) is 11.6. The first-order valence-electron chi connectivity index (χ1n) is 8.33. The molecule has 0 aliphatic carbocycles. The molecule has 3 heterocycles. The van der Waals surface area contributed by atoms with E-state index in [1.807, 2.05) is 17.5 Å². The molecule has 4 rings (SSSR count). The van der Waals surface area contributed by atoms with Crippen molar-refractivity contribution in [3.05, 3.63) is 36.2 Å². The zero-order chi connectivity index (χ0) is 16.8. The highest BCUT2D eigenvalue weighted by molar-refractivity contribution is 5.92. The van der Waals surface area contributed by atoms with E-state index in [0.717, 1.165) is 60.1 Å². The Hall–Kier alpha value is -2.47. The van der Waals surface area contributed by atoms with Gasteiger partial charge in [-0.3, -0.25) is 0 Å². The zero-order valence-corrected chi connectivity index (χ0v) is 14.5. The van der Waals surface area contributed by atoms with Crippen LogP contribution in [0.2, 0.25) is 0 Å². The van der Waals surface area contributed by atoms with E-state index in [0.29, 0.717) is 0 Å². The second kappa shape index (κ2) is 5.56. The van der Waals surface area contributed by atoms with E-state index < -0.39 is 0 Å². The molecule has 2 aromatic heterocycles. The topological polar surface area (TPSA) is 40.6 Å². The Kier molecular flexibility index (Phi) is 3.49. The quantitative estimate of drug-likeness (QED) is 0.669. The maximum absolute atomic E-state index is 4.94. The molecule has 0 N–H and O–H groups in total. The number of hydrogen-bond donors (Lipinski definition) is 0. The summed E-state index contributed by atoms with van der Waals surface area (Å²) in [6.07, 6.45) is 1.87. The van der Waals surface area contributed by atoms with Crippen molar-refractivity contribution in [3.8, 4) is 0 Å². The monoisotopic (exact) mass is 323 g/mol. The second-order valence-corrected chi connectivity index (χ2v) is 6.52. The normalized spacial score (nSPS) is 16.2. The average molecular weight is 323 g/mol. The van der Waals surface area contributed by atoms with Crippen LogP contribution in [0.15, 0.2) is 24.8 Å². The highest BCUT2D eigenvalue weighted by atomic mass is 15.4. The SMILES string of the molecule is C=Cc1ccc2nc(N3CCN(C)CC3)n3nc(C)[n+](C)c3c2c1. The maximum Gasteiger partial charge on any atom is 0.306 e. The molecule has 6 nitrogen and oxygen atoms in total. The summed E-state index contributed by atoms with van der Waals surface area (Å²) in [5.74, 6) is 1.91. The van der Waals surface area contributed by atoms with Crippen molar-refractivity contribution in [2.45, 2.75) is 6.92 Å². The van der Waals surface area contributed by atoms with Crippen LogP contribution >= 0.6 is 0 Å². The van der Waals surface area contributed by atoms with E-state index in [1.165, 1.54) is 0 Å². The minimum Gasteiger partial charge on any atom is -0.324 e. The Morgan fingerprint density at radius 1 is 1.21 bits per heavy atom. The molecule has 3 aromatic rings. The number of benzene rings is 1. The highest BCUT2D eigenvalue weighted by Gasteiger charge is 2.27. The first-order valence-corrected chi connectivity index (χ1v) is 8.33. The third-order valence-corrected chi connectivity index (χ3v) is 4.94. The van der Waals surface area contributed by atoms with Gasteiger partial charge in [0.25, 0.3) is 11.5 Å². The van der Waals surface area contributed by atoms with E-state index >= 15 is 0 Å². The summed E-state index contributed by atoms with van der Waals surface area (Å²) < 4.78 is 4.13. The summed E-state index contributed by atoms with van der Waals surface area (Å²) in [6, 6.07) is 6.28. The summed E-state index contributed by atoms with van der Waals surface area (Å²) in [5.41, 5.74) is 3.17. The lowest BCUT2D eigenvalue weighted by molar-refractivity contribution is -0.651. The molecule has 1 aliphatic heterocycles. The number of aromatic nitrogens is 4. The minimum absolute atomic E-state index is 0.931. The van der Waals surface area contributed by atoms with Gasteiger partial charge < -0.3 is 9.80 Å². The molecule has 0 amide bonds. The molecule has 1 aliphatic rings. The molecule has 0 saturated carbocycles. The molecule has 0 radical (unpaired) electrons. The Labute approximate surface area is 141 Å². The largest absolute Gasteiger partial charge is 0.324 e. The summed E-state index contributed by atoms with van der Waals surface area (Å²) >= 11 is 0. The molecule has 1 fully saturated rings. The molecule has 0 atom stereocenters. The summed E-state index contributed by atoms with van der Waals surface area (Å²) in [5, 5.41) is 5.85. The number of aryl methyl sites for hydroxylation is 2. The van der Waals surface area contributed by atoms with Gasteiger partial charge in [0.15, 0.2) is 0 Å². The van der Waals surface area contributed by atoms with E-state index in [-0.39, 0.29) is 0 Å². The molecule has 0 spiro atoms. The van der Waals surface area contributed by atoms with E-state index in [2.05, 4.69) is 53.2 Å². The summed E-state index contributed by atoms with van der Waals surface area (Å²) in [4.78, 5) is 9.62. The van der Waals surface area contributed by atoms with Crippen molar-refractivity contribution in [2.75, 3.05) is 38.1 Å². The standard InChI is InChI=1S/C18H23N6/c1-5-14-6-7-16-15(12-14)17-22(4)13(2)20-24(17)18(19-16)23-10-8-21(3)9-11-23/h5-7,12H,1,8-11H2,2-4H3/q+1. The fraction of sp³-hybridized carbons (Fsp3) is 0.389. The van der Waals surface area contributed by atoms with Gasteiger partial charge in [-0.25, -0.2) is 4.57 Å². The molecule has 1 saturated heterocycles. The number of fused-ring (bicyclic) bond motifs is 3. The molecular formula is C18H23N6+. The number of piperazine rings is 1. The van der Waals surface area contributed by atoms with E-state index in [4.69, 9.17) is 10.1 Å². The fourth-order valence-corrected chi connectivity index (χ4v) is 3.31. The molecule has 1 aromatic carbocycles. The van der Waals surface area contributed by atoms with Crippen LogP contribution in [0.3, 0.4) is 0 Å². The van der Waals surface area contributed by atoms with E-state index in [1.54, 1.807) is 0 Å². The van der Waals surface area contributed by atoms with Crippen molar-refractivity contribution in [1.82, 2.24) is 19.5 Å². The number of hydrogen-bond acceptors (Lipinski definition) is 4. The lowest BCUT2D eigenvalue weighted by Gasteiger charge is -2.31. The van der Waals surface area contributed by atoms with Crippen LogP contribution < -0.4 is 9.47 Å². The van der Waals surface area contributed by atoms with Crippen LogP contribution in [0.1, 0.15) is 11.4 Å². The van der Waals surface area contributed by atoms with Crippen molar-refractivity contribution < 1.29 is 4.57 Å². The predicted octanol–water partition coefficient (Wildman–Crippen LogP) is 1.41. The van der Waals surface area contributed by atoms with Gasteiger partial charge in [-0.15, -0.1) is 0 Å². The number of likely N-dealkylation sites (N-methyl/N-ethyl adjacent to an activating group) is 1. The minimum atomic E-state index is 0.931. The highest BCUT2D eigenvalue weighted by Crippen LogP contribution is 2.24. The number of nitrogens with zero attached hydrogens (tertiary/aromatic N) is 6. The van der Waals surface area contributed by atoms with Crippen LogP contribution in [0.4, 0.5) is 5.95 Å². The molecule has 24 heavy (non-hydrogen) atoms. The van der Waals surface area contributed by atoms with Gasteiger partial charge in [-0.2, -0.15) is 4.98 Å². The van der Waals surface area contributed by atoms with Crippen molar-refractivity contribution in [2.24, 2.45) is 7.05 Å². The Morgan fingerprint density at radius 3 is 2.67 bits per heavy atom. The van der Waals surface area contributed by atoms with Gasteiger partial charge in [0.05, 0.1) is 18.0 Å². The lowest BCUT2D eigenvalue weighted by atomic mass is 10.1. The number of anilines is 1. The van der Waals surface area contributed by atoms with Gasteiger partial charge in [0.2, 0.25) is 0 Å². The van der Waals surface area contributed by atoms with Crippen LogP contribution in [0, 0.1) is 6.92 Å². The third kappa shape index (κ3) is 2.26. The van der Waals surface area contributed by atoms with Crippen molar-refractivity contribution in [1.29, 1.82) is 0 Å². The van der Waals surface area contributed by atoms with Gasteiger partial charge >= 0.3 is 5.95 Å². The van der Waals surface area contributed by atoms with Crippen LogP contribution in [-0.4, -0.2) is 52.7 Å². The molecule has 6 heteroatoms. The van der Waals surface area contributed by atoms with Crippen LogP contribution in [0.5, 0.6) is 0 Å². The smallest absolute Gasteiger partial charge is 0.306 e. The zero-order valence-electron chi connectivity index (χ0n) is 14.5. The average Bonchev–Trinajstić information content (AvgIpc) is 2.90. The van der Waals surface area contributed by atoms with Gasteiger partial charge in [0, 0.05) is 38.2 Å². The Bertz CT molecular complexity index is 934. The van der Waals surface area contributed by atoms with Gasteiger partial charge in [-0.1, -0.05) is 18.7 Å². The first kappa shape index (κ1) is 15.1. The Balaban J connectivity index is 1.99. The molecular weight excluding hydrogens is 300 g/mol. The predicted molar refractivity (Wildman–Crippen MR) is 96.2 cm³/mol. The third-order valence-electron chi connectivity index (χ3n) is 4.94. The lowest BCUT2D eigenvalue weighted by Crippen LogP contribution is -2.45. The van der Waals surface area contributed by atoms with Crippen molar-refractivity contribution in [3.63, 3.8) is 0 Å². The Morgan fingerprint density at radius 2 is 1.96 bits per heavy atom. The molecule has 0 unspecified atom stereocenters. The number of rotatable bonds is 2. The molecule has 124 valence electrons. The second-order valence-electron chi connectivity index (χ2n) is 6.52. The van der Waals surface area contributed by atoms with Crippen LogP contribution in [0.25, 0.3) is 22.6 Å². The summed E-state index contributed by atoms with van der Waals surface area (Å²) in [7, 11) is 4.22. The molecule has 0 bridgehead atoms. The fourth-order valence-electron chi connectivity index (χ4n) is 3.31. The van der Waals surface area contributed by atoms with Crippen molar-refractivity contribution >= 4 is 28.6 Å².